The summed E-state index contributed by atoms with van der Waals surface area (Å²) in [6, 6.07) is 8.03. The van der Waals surface area contributed by atoms with Gasteiger partial charge in [0, 0.05) is 12.6 Å². The molecule has 100 valence electrons. The van der Waals surface area contributed by atoms with E-state index in [2.05, 4.69) is 17.0 Å². The van der Waals surface area contributed by atoms with Crippen molar-refractivity contribution in [1.29, 1.82) is 0 Å². The fourth-order valence-electron chi connectivity index (χ4n) is 1.65. The highest BCUT2D eigenvalue weighted by Gasteiger charge is 2.11. The van der Waals surface area contributed by atoms with Crippen LogP contribution in [0.2, 0.25) is 0 Å². The fourth-order valence-corrected chi connectivity index (χ4v) is 1.65. The van der Waals surface area contributed by atoms with E-state index in [-0.39, 0.29) is 12.0 Å². The van der Waals surface area contributed by atoms with Gasteiger partial charge in [-0.25, -0.2) is 0 Å². The lowest BCUT2D eigenvalue weighted by Crippen LogP contribution is -2.30. The predicted octanol–water partition coefficient (Wildman–Crippen LogP) is 2.13. The van der Waals surface area contributed by atoms with E-state index in [0.717, 1.165) is 18.7 Å². The molecule has 0 heterocycles. The zero-order valence-electron chi connectivity index (χ0n) is 11.2. The standard InChI is InChI=1S/C14H21NO3/c1-4-12(9-14(16)18-3)15-10-11-5-7-13(17-2)8-6-11/h5-8,12,15H,4,9-10H2,1-3H3. The Hall–Kier alpha value is -1.55. The summed E-state index contributed by atoms with van der Waals surface area (Å²) in [6.07, 6.45) is 1.30. The SMILES string of the molecule is CCC(CC(=O)OC)NCc1ccc(OC)cc1. The zero-order valence-corrected chi connectivity index (χ0v) is 11.2. The van der Waals surface area contributed by atoms with Gasteiger partial charge in [-0.1, -0.05) is 19.1 Å². The molecule has 0 aliphatic rings. The Balaban J connectivity index is 2.43. The third-order valence-electron chi connectivity index (χ3n) is 2.89. The lowest BCUT2D eigenvalue weighted by Gasteiger charge is -2.15. The quantitative estimate of drug-likeness (QED) is 0.754. The third kappa shape index (κ3) is 4.75. The Morgan fingerprint density at radius 3 is 2.44 bits per heavy atom. The van der Waals surface area contributed by atoms with Crippen molar-refractivity contribution in [3.8, 4) is 5.75 Å². The summed E-state index contributed by atoms with van der Waals surface area (Å²) in [4.78, 5) is 11.2. The molecular weight excluding hydrogens is 230 g/mol. The van der Waals surface area contributed by atoms with Crippen LogP contribution in [0.3, 0.4) is 0 Å². The molecule has 0 amide bonds. The van der Waals surface area contributed by atoms with E-state index in [0.29, 0.717) is 6.42 Å². The van der Waals surface area contributed by atoms with Crippen molar-refractivity contribution in [2.75, 3.05) is 14.2 Å². The van der Waals surface area contributed by atoms with Gasteiger partial charge in [-0.15, -0.1) is 0 Å². The van der Waals surface area contributed by atoms with Gasteiger partial charge in [0.1, 0.15) is 5.75 Å². The number of carbonyl (C=O) groups excluding carboxylic acids is 1. The number of methoxy groups -OCH3 is 2. The van der Waals surface area contributed by atoms with Crippen LogP contribution in [0, 0.1) is 0 Å². The van der Waals surface area contributed by atoms with Crippen LogP contribution in [0.15, 0.2) is 24.3 Å². The first kappa shape index (κ1) is 14.5. The van der Waals surface area contributed by atoms with Gasteiger partial charge in [-0.3, -0.25) is 4.79 Å². The van der Waals surface area contributed by atoms with Crippen molar-refractivity contribution in [1.82, 2.24) is 5.32 Å². The minimum absolute atomic E-state index is 0.152. The molecule has 1 aromatic carbocycles. The molecule has 0 saturated carbocycles. The van der Waals surface area contributed by atoms with Crippen LogP contribution in [-0.4, -0.2) is 26.2 Å². The number of nitrogens with one attached hydrogen (secondary N) is 1. The maximum Gasteiger partial charge on any atom is 0.307 e. The molecule has 1 unspecified atom stereocenters. The summed E-state index contributed by atoms with van der Waals surface area (Å²) in [5.41, 5.74) is 1.17. The Morgan fingerprint density at radius 2 is 1.94 bits per heavy atom. The third-order valence-corrected chi connectivity index (χ3v) is 2.89. The molecule has 1 atom stereocenters. The van der Waals surface area contributed by atoms with Crippen molar-refractivity contribution >= 4 is 5.97 Å². The summed E-state index contributed by atoms with van der Waals surface area (Å²) in [7, 11) is 3.06. The molecule has 0 radical (unpaired) electrons. The fraction of sp³-hybridized carbons (Fsp3) is 0.500. The lowest BCUT2D eigenvalue weighted by atomic mass is 10.1. The molecule has 1 aromatic rings. The zero-order chi connectivity index (χ0) is 13.4. The largest absolute Gasteiger partial charge is 0.497 e. The maximum absolute atomic E-state index is 11.2. The summed E-state index contributed by atoms with van der Waals surface area (Å²) in [6.45, 7) is 2.79. The highest BCUT2D eigenvalue weighted by atomic mass is 16.5. The van der Waals surface area contributed by atoms with Crippen molar-refractivity contribution < 1.29 is 14.3 Å². The van der Waals surface area contributed by atoms with E-state index < -0.39 is 0 Å². The Morgan fingerprint density at radius 1 is 1.28 bits per heavy atom. The molecule has 0 aliphatic heterocycles. The summed E-state index contributed by atoms with van der Waals surface area (Å²) in [5.74, 6) is 0.671. The number of rotatable bonds is 7. The number of carbonyl (C=O) groups is 1. The van der Waals surface area contributed by atoms with Gasteiger partial charge in [0.15, 0.2) is 0 Å². The number of esters is 1. The molecule has 0 aromatic heterocycles. The first-order valence-corrected chi connectivity index (χ1v) is 6.12. The number of hydrogen-bond acceptors (Lipinski definition) is 4. The second kappa shape index (κ2) is 7.71. The van der Waals surface area contributed by atoms with Crippen LogP contribution in [0.25, 0.3) is 0 Å². The highest BCUT2D eigenvalue weighted by molar-refractivity contribution is 5.69. The molecule has 0 saturated heterocycles. The van der Waals surface area contributed by atoms with Gasteiger partial charge >= 0.3 is 5.97 Å². The van der Waals surface area contributed by atoms with E-state index in [1.165, 1.54) is 12.7 Å². The molecule has 4 heteroatoms. The van der Waals surface area contributed by atoms with E-state index in [4.69, 9.17) is 4.74 Å². The van der Waals surface area contributed by atoms with Gasteiger partial charge in [0.25, 0.3) is 0 Å². The molecule has 0 spiro atoms. The van der Waals surface area contributed by atoms with E-state index in [1.807, 2.05) is 24.3 Å². The smallest absolute Gasteiger partial charge is 0.307 e. The minimum Gasteiger partial charge on any atom is -0.497 e. The summed E-state index contributed by atoms with van der Waals surface area (Å²) >= 11 is 0. The van der Waals surface area contributed by atoms with Crippen molar-refractivity contribution in [2.24, 2.45) is 0 Å². The molecule has 18 heavy (non-hydrogen) atoms. The monoisotopic (exact) mass is 251 g/mol. The normalized spacial score (nSPS) is 11.9. The second-order valence-corrected chi connectivity index (χ2v) is 4.11. The Labute approximate surface area is 108 Å². The van der Waals surface area contributed by atoms with Crippen molar-refractivity contribution in [3.63, 3.8) is 0 Å². The average Bonchev–Trinajstić information content (AvgIpc) is 2.43. The molecule has 1 rings (SSSR count). The minimum atomic E-state index is -0.177. The Bertz CT molecular complexity index is 362. The molecule has 1 N–H and O–H groups in total. The van der Waals surface area contributed by atoms with Crippen LogP contribution in [-0.2, 0) is 16.1 Å². The molecule has 4 nitrogen and oxygen atoms in total. The number of benzene rings is 1. The van der Waals surface area contributed by atoms with Crippen LogP contribution in [0.5, 0.6) is 5.75 Å². The number of ether oxygens (including phenoxy) is 2. The molecular formula is C14H21NO3. The van der Waals surface area contributed by atoms with Crippen molar-refractivity contribution in [2.45, 2.75) is 32.4 Å². The van der Waals surface area contributed by atoms with Crippen LogP contribution >= 0.6 is 0 Å². The van der Waals surface area contributed by atoms with Crippen molar-refractivity contribution in [3.05, 3.63) is 29.8 Å². The van der Waals surface area contributed by atoms with Gasteiger partial charge < -0.3 is 14.8 Å². The summed E-state index contributed by atoms with van der Waals surface area (Å²) < 4.78 is 9.77. The molecule has 0 fully saturated rings. The van der Waals surface area contributed by atoms with Gasteiger partial charge in [0.05, 0.1) is 20.6 Å². The lowest BCUT2D eigenvalue weighted by molar-refractivity contribution is -0.141. The van der Waals surface area contributed by atoms with Crippen LogP contribution < -0.4 is 10.1 Å². The predicted molar refractivity (Wildman–Crippen MR) is 70.5 cm³/mol. The highest BCUT2D eigenvalue weighted by Crippen LogP contribution is 2.11. The van der Waals surface area contributed by atoms with E-state index in [9.17, 15) is 4.79 Å². The average molecular weight is 251 g/mol. The number of hydrogen-bond donors (Lipinski definition) is 1. The topological polar surface area (TPSA) is 47.6 Å². The molecule has 0 aliphatic carbocycles. The molecule has 0 bridgehead atoms. The van der Waals surface area contributed by atoms with Crippen LogP contribution in [0.4, 0.5) is 0 Å². The van der Waals surface area contributed by atoms with Gasteiger partial charge in [0.2, 0.25) is 0 Å². The van der Waals surface area contributed by atoms with E-state index in [1.54, 1.807) is 7.11 Å². The first-order valence-electron chi connectivity index (χ1n) is 6.12. The van der Waals surface area contributed by atoms with Crippen LogP contribution in [0.1, 0.15) is 25.3 Å². The summed E-state index contributed by atoms with van der Waals surface area (Å²) in [5, 5.41) is 3.35. The first-order chi connectivity index (χ1) is 8.69. The van der Waals surface area contributed by atoms with Gasteiger partial charge in [-0.05, 0) is 24.1 Å². The van der Waals surface area contributed by atoms with Gasteiger partial charge in [-0.2, -0.15) is 0 Å². The maximum atomic E-state index is 11.2. The van der Waals surface area contributed by atoms with E-state index >= 15 is 0 Å². The second-order valence-electron chi connectivity index (χ2n) is 4.11. The Kier molecular flexibility index (Phi) is 6.22.